The van der Waals surface area contributed by atoms with Crippen molar-refractivity contribution in [3.63, 3.8) is 0 Å². The number of nitrogens with two attached hydrogens (primary N) is 1. The molecular weight excluding hydrogens is 273 g/mol. The number of benzene rings is 2. The van der Waals surface area contributed by atoms with E-state index in [1.807, 2.05) is 12.1 Å². The summed E-state index contributed by atoms with van der Waals surface area (Å²) in [6.45, 7) is 0.553. The van der Waals surface area contributed by atoms with E-state index >= 15 is 0 Å². The lowest BCUT2D eigenvalue weighted by atomic mass is 10.2. The summed E-state index contributed by atoms with van der Waals surface area (Å²) in [5.41, 5.74) is 7.23. The fraction of sp³-hybridized carbons (Fsp3) is 0.250. The van der Waals surface area contributed by atoms with Crippen LogP contribution in [0.25, 0.3) is 0 Å². The molecule has 0 aliphatic heterocycles. The summed E-state index contributed by atoms with van der Waals surface area (Å²) in [5.74, 6) is 0.974. The monoisotopic (exact) mass is 291 g/mol. The van der Waals surface area contributed by atoms with E-state index in [-0.39, 0.29) is 12.4 Å². The first-order valence-electron chi connectivity index (χ1n) is 6.50. The zero-order valence-electron chi connectivity index (χ0n) is 12.1. The van der Waals surface area contributed by atoms with E-state index in [9.17, 15) is 4.39 Å². The van der Waals surface area contributed by atoms with Crippen LogP contribution in [0.1, 0.15) is 11.1 Å². The molecule has 0 aliphatic rings. The summed E-state index contributed by atoms with van der Waals surface area (Å²) in [5, 5.41) is 0. The van der Waals surface area contributed by atoms with E-state index in [2.05, 4.69) is 0 Å². The van der Waals surface area contributed by atoms with Crippen molar-refractivity contribution >= 4 is 0 Å². The Bertz CT molecular complexity index is 594. The average Bonchev–Trinajstić information content (AvgIpc) is 2.52. The van der Waals surface area contributed by atoms with Crippen molar-refractivity contribution in [2.24, 2.45) is 5.73 Å². The highest BCUT2D eigenvalue weighted by molar-refractivity contribution is 5.46. The summed E-state index contributed by atoms with van der Waals surface area (Å²) >= 11 is 0. The van der Waals surface area contributed by atoms with Gasteiger partial charge in [-0.1, -0.05) is 18.2 Å². The molecule has 0 radical (unpaired) electrons. The molecule has 0 amide bonds. The molecule has 112 valence electrons. The van der Waals surface area contributed by atoms with E-state index < -0.39 is 5.82 Å². The van der Waals surface area contributed by atoms with Gasteiger partial charge in [0.2, 0.25) is 0 Å². The van der Waals surface area contributed by atoms with Crippen LogP contribution in [0.3, 0.4) is 0 Å². The summed E-state index contributed by atoms with van der Waals surface area (Å²) in [6, 6.07) is 10.2. The first kappa shape index (κ1) is 15.1. The van der Waals surface area contributed by atoms with Gasteiger partial charge in [0.25, 0.3) is 0 Å². The van der Waals surface area contributed by atoms with E-state index in [1.54, 1.807) is 25.3 Å². The maximum absolute atomic E-state index is 13.6. The molecule has 0 saturated carbocycles. The Kier molecular flexibility index (Phi) is 5.00. The van der Waals surface area contributed by atoms with Crippen LogP contribution in [0, 0.1) is 5.82 Å². The van der Waals surface area contributed by atoms with E-state index in [4.69, 9.17) is 19.9 Å². The average molecular weight is 291 g/mol. The quantitative estimate of drug-likeness (QED) is 0.889. The van der Waals surface area contributed by atoms with Crippen LogP contribution in [0.5, 0.6) is 17.2 Å². The molecule has 0 fully saturated rings. The molecule has 2 aromatic rings. The van der Waals surface area contributed by atoms with Gasteiger partial charge in [-0.05, 0) is 23.8 Å². The molecule has 0 aliphatic carbocycles. The van der Waals surface area contributed by atoms with Crippen molar-refractivity contribution in [1.82, 2.24) is 0 Å². The predicted octanol–water partition coefficient (Wildman–Crippen LogP) is 2.88. The second-order valence-electron chi connectivity index (χ2n) is 4.41. The van der Waals surface area contributed by atoms with Crippen molar-refractivity contribution in [2.45, 2.75) is 13.2 Å². The molecule has 0 saturated heterocycles. The van der Waals surface area contributed by atoms with Gasteiger partial charge in [-0.25, -0.2) is 4.39 Å². The van der Waals surface area contributed by atoms with Crippen LogP contribution in [-0.4, -0.2) is 14.2 Å². The van der Waals surface area contributed by atoms with Gasteiger partial charge in [0.05, 0.1) is 14.2 Å². The Morgan fingerprint density at radius 1 is 1.05 bits per heavy atom. The number of halogens is 1. The van der Waals surface area contributed by atoms with Crippen LogP contribution in [0.2, 0.25) is 0 Å². The molecule has 2 N–H and O–H groups in total. The van der Waals surface area contributed by atoms with Crippen LogP contribution in [0.15, 0.2) is 36.4 Å². The fourth-order valence-corrected chi connectivity index (χ4v) is 2.00. The topological polar surface area (TPSA) is 53.7 Å². The lowest BCUT2D eigenvalue weighted by Crippen LogP contribution is -2.04. The number of ether oxygens (including phenoxy) is 3. The third-order valence-corrected chi connectivity index (χ3v) is 3.10. The molecule has 0 bridgehead atoms. The van der Waals surface area contributed by atoms with Crippen molar-refractivity contribution < 1.29 is 18.6 Å². The standard InChI is InChI=1S/C16H18FNO3/c1-19-14-7-6-11(8-13(14)17)10-21-16-12(9-18)4-3-5-15(16)20-2/h3-8H,9-10,18H2,1-2H3. The molecule has 0 unspecified atom stereocenters. The first-order valence-corrected chi connectivity index (χ1v) is 6.50. The van der Waals surface area contributed by atoms with Crippen LogP contribution in [-0.2, 0) is 13.2 Å². The number of methoxy groups -OCH3 is 2. The van der Waals surface area contributed by atoms with Gasteiger partial charge >= 0.3 is 0 Å². The van der Waals surface area contributed by atoms with Crippen molar-refractivity contribution in [2.75, 3.05) is 14.2 Å². The minimum atomic E-state index is -0.419. The van der Waals surface area contributed by atoms with E-state index in [1.165, 1.54) is 13.2 Å². The molecule has 4 nitrogen and oxygen atoms in total. The third-order valence-electron chi connectivity index (χ3n) is 3.10. The molecule has 2 aromatic carbocycles. The van der Waals surface area contributed by atoms with Crippen LogP contribution in [0.4, 0.5) is 4.39 Å². The summed E-state index contributed by atoms with van der Waals surface area (Å²) in [4.78, 5) is 0. The lowest BCUT2D eigenvalue weighted by molar-refractivity contribution is 0.280. The van der Waals surface area contributed by atoms with Crippen LogP contribution >= 0.6 is 0 Å². The van der Waals surface area contributed by atoms with Gasteiger partial charge in [-0.2, -0.15) is 0 Å². The Hall–Kier alpha value is -2.27. The van der Waals surface area contributed by atoms with E-state index in [0.717, 1.165) is 5.56 Å². The minimum Gasteiger partial charge on any atom is -0.494 e. The number of rotatable bonds is 6. The van der Waals surface area contributed by atoms with Crippen molar-refractivity contribution in [1.29, 1.82) is 0 Å². The maximum atomic E-state index is 13.6. The second-order valence-corrected chi connectivity index (χ2v) is 4.41. The van der Waals surface area contributed by atoms with Gasteiger partial charge in [-0.15, -0.1) is 0 Å². The normalized spacial score (nSPS) is 10.3. The maximum Gasteiger partial charge on any atom is 0.166 e. The molecule has 21 heavy (non-hydrogen) atoms. The largest absolute Gasteiger partial charge is 0.494 e. The fourth-order valence-electron chi connectivity index (χ4n) is 2.00. The molecule has 5 heteroatoms. The highest BCUT2D eigenvalue weighted by Crippen LogP contribution is 2.31. The Morgan fingerprint density at radius 2 is 1.81 bits per heavy atom. The highest BCUT2D eigenvalue weighted by Gasteiger charge is 2.10. The molecule has 2 rings (SSSR count). The number of hydrogen-bond donors (Lipinski definition) is 1. The molecular formula is C16H18FNO3. The molecule has 0 spiro atoms. The minimum absolute atomic E-state index is 0.207. The second kappa shape index (κ2) is 6.95. The van der Waals surface area contributed by atoms with E-state index in [0.29, 0.717) is 23.6 Å². The van der Waals surface area contributed by atoms with Gasteiger partial charge in [0.1, 0.15) is 6.61 Å². The third kappa shape index (κ3) is 3.44. The van der Waals surface area contributed by atoms with Gasteiger partial charge in [0, 0.05) is 12.1 Å². The van der Waals surface area contributed by atoms with Crippen LogP contribution < -0.4 is 19.9 Å². The Labute approximate surface area is 123 Å². The predicted molar refractivity (Wildman–Crippen MR) is 78.2 cm³/mol. The lowest BCUT2D eigenvalue weighted by Gasteiger charge is -2.14. The number of para-hydroxylation sites is 1. The van der Waals surface area contributed by atoms with Gasteiger partial charge < -0.3 is 19.9 Å². The molecule has 0 aromatic heterocycles. The highest BCUT2D eigenvalue weighted by atomic mass is 19.1. The summed E-state index contributed by atoms with van der Waals surface area (Å²) in [6.07, 6.45) is 0. The first-order chi connectivity index (χ1) is 10.2. The summed E-state index contributed by atoms with van der Waals surface area (Å²) < 4.78 is 29.5. The SMILES string of the molecule is COc1ccc(COc2c(CN)cccc2OC)cc1F. The van der Waals surface area contributed by atoms with Crippen molar-refractivity contribution in [3.05, 3.63) is 53.3 Å². The molecule has 0 heterocycles. The zero-order valence-corrected chi connectivity index (χ0v) is 12.1. The van der Waals surface area contributed by atoms with Gasteiger partial charge in [-0.3, -0.25) is 0 Å². The molecule has 0 atom stereocenters. The Morgan fingerprint density at radius 3 is 2.43 bits per heavy atom. The number of hydrogen-bond acceptors (Lipinski definition) is 4. The van der Waals surface area contributed by atoms with Gasteiger partial charge in [0.15, 0.2) is 23.1 Å². The summed E-state index contributed by atoms with van der Waals surface area (Å²) in [7, 11) is 2.99. The Balaban J connectivity index is 2.18. The zero-order chi connectivity index (χ0) is 15.2. The smallest absolute Gasteiger partial charge is 0.166 e. The van der Waals surface area contributed by atoms with Crippen molar-refractivity contribution in [3.8, 4) is 17.2 Å².